The summed E-state index contributed by atoms with van der Waals surface area (Å²) in [6.07, 6.45) is 0.269. The molecule has 0 radical (unpaired) electrons. The van der Waals surface area contributed by atoms with Gasteiger partial charge in [0.15, 0.2) is 0 Å². The number of hydrogen-bond acceptors (Lipinski definition) is 6. The van der Waals surface area contributed by atoms with E-state index in [1.165, 1.54) is 12.0 Å². The van der Waals surface area contributed by atoms with Crippen LogP contribution in [0.5, 0.6) is 0 Å². The lowest BCUT2D eigenvalue weighted by atomic mass is 9.96. The number of nitrogens with zero attached hydrogens (tertiary/aromatic N) is 1. The highest BCUT2D eigenvalue weighted by atomic mass is 16.6. The lowest BCUT2D eigenvalue weighted by Gasteiger charge is -2.47. The minimum atomic E-state index is -0.902. The molecule has 2 amide bonds. The summed E-state index contributed by atoms with van der Waals surface area (Å²) in [7, 11) is 1.29. The van der Waals surface area contributed by atoms with Gasteiger partial charge in [0, 0.05) is 0 Å². The number of ether oxygens (including phenoxy) is 3. The molecule has 1 N–H and O–H groups in total. The standard InChI is InChI=1S/C16H26N2O6/c1-9-12(17-15(21)24-16(2,3)4)13(19)18-10(14(20)22-5)7-6-8-11(18)23-9/h9-12H,6-8H2,1-5H3,(H,17,21)/t9-,10-,11-,12-/m0/s1. The highest BCUT2D eigenvalue weighted by molar-refractivity contribution is 5.91. The van der Waals surface area contributed by atoms with Crippen molar-refractivity contribution in [3.8, 4) is 0 Å². The van der Waals surface area contributed by atoms with Crippen LogP contribution in [0.1, 0.15) is 47.0 Å². The molecule has 136 valence electrons. The average molecular weight is 342 g/mol. The third kappa shape index (κ3) is 3.98. The van der Waals surface area contributed by atoms with E-state index < -0.39 is 42.1 Å². The van der Waals surface area contributed by atoms with Gasteiger partial charge < -0.3 is 24.4 Å². The molecule has 2 aliphatic rings. The molecule has 8 nitrogen and oxygen atoms in total. The van der Waals surface area contributed by atoms with Gasteiger partial charge in [0.1, 0.15) is 23.9 Å². The Balaban J connectivity index is 2.14. The van der Waals surface area contributed by atoms with E-state index in [2.05, 4.69) is 5.32 Å². The number of alkyl carbamates (subject to hydrolysis) is 1. The van der Waals surface area contributed by atoms with Crippen LogP contribution < -0.4 is 5.32 Å². The van der Waals surface area contributed by atoms with Gasteiger partial charge in [0.05, 0.1) is 13.2 Å². The zero-order valence-electron chi connectivity index (χ0n) is 14.8. The summed E-state index contributed by atoms with van der Waals surface area (Å²) in [5.41, 5.74) is -0.673. The van der Waals surface area contributed by atoms with Crippen LogP contribution in [0.3, 0.4) is 0 Å². The fraction of sp³-hybridized carbons (Fsp3) is 0.812. The second-order valence-corrected chi connectivity index (χ2v) is 7.14. The van der Waals surface area contributed by atoms with Gasteiger partial charge in [0.25, 0.3) is 5.91 Å². The van der Waals surface area contributed by atoms with Gasteiger partial charge >= 0.3 is 12.1 Å². The SMILES string of the molecule is COC(=O)[C@@H]1CCC[C@@H]2O[C@@H](C)[C@H](NC(=O)OC(C)(C)C)C(=O)N21. The Kier molecular flexibility index (Phi) is 5.37. The van der Waals surface area contributed by atoms with E-state index in [1.807, 2.05) is 0 Å². The molecule has 0 saturated carbocycles. The highest BCUT2D eigenvalue weighted by Crippen LogP contribution is 2.30. The molecule has 8 heteroatoms. The van der Waals surface area contributed by atoms with Crippen molar-refractivity contribution in [2.45, 2.75) is 77.0 Å². The minimum absolute atomic E-state index is 0.347. The van der Waals surface area contributed by atoms with Crippen LogP contribution in [0, 0.1) is 0 Å². The first-order chi connectivity index (χ1) is 11.1. The molecule has 0 bridgehead atoms. The number of rotatable bonds is 2. The molecular formula is C16H26N2O6. The van der Waals surface area contributed by atoms with Gasteiger partial charge in [-0.1, -0.05) is 0 Å². The second kappa shape index (κ2) is 6.96. The molecule has 2 heterocycles. The Labute approximate surface area is 141 Å². The highest BCUT2D eigenvalue weighted by Gasteiger charge is 2.48. The van der Waals surface area contributed by atoms with Crippen LogP contribution in [0.25, 0.3) is 0 Å². The molecule has 24 heavy (non-hydrogen) atoms. The van der Waals surface area contributed by atoms with Gasteiger partial charge in [-0.15, -0.1) is 0 Å². The third-order valence-electron chi connectivity index (χ3n) is 4.08. The molecule has 0 spiro atoms. The zero-order chi connectivity index (χ0) is 18.1. The van der Waals surface area contributed by atoms with Crippen molar-refractivity contribution in [1.82, 2.24) is 10.2 Å². The lowest BCUT2D eigenvalue weighted by molar-refractivity contribution is -0.200. The normalized spacial score (nSPS) is 30.4. The number of nitrogens with one attached hydrogen (secondary N) is 1. The maximum absolute atomic E-state index is 12.9. The van der Waals surface area contributed by atoms with Gasteiger partial charge in [-0.3, -0.25) is 4.79 Å². The van der Waals surface area contributed by atoms with Crippen molar-refractivity contribution < 1.29 is 28.6 Å². The maximum Gasteiger partial charge on any atom is 0.408 e. The fourth-order valence-electron chi connectivity index (χ4n) is 3.06. The minimum Gasteiger partial charge on any atom is -0.467 e. The molecule has 2 aliphatic heterocycles. The topological polar surface area (TPSA) is 94.2 Å². The van der Waals surface area contributed by atoms with Crippen LogP contribution in [-0.2, 0) is 23.8 Å². The van der Waals surface area contributed by atoms with Gasteiger partial charge in [-0.25, -0.2) is 9.59 Å². The van der Waals surface area contributed by atoms with Crippen molar-refractivity contribution >= 4 is 18.0 Å². The fourth-order valence-corrected chi connectivity index (χ4v) is 3.06. The smallest absolute Gasteiger partial charge is 0.408 e. The van der Waals surface area contributed by atoms with Crippen molar-refractivity contribution in [1.29, 1.82) is 0 Å². The molecule has 2 saturated heterocycles. The summed E-state index contributed by atoms with van der Waals surface area (Å²) in [5.74, 6) is -0.818. The first-order valence-corrected chi connectivity index (χ1v) is 8.19. The molecule has 0 aliphatic carbocycles. The molecule has 0 aromatic carbocycles. The number of carbonyl (C=O) groups is 3. The van der Waals surface area contributed by atoms with Gasteiger partial charge in [0.2, 0.25) is 0 Å². The largest absolute Gasteiger partial charge is 0.467 e. The van der Waals surface area contributed by atoms with Crippen LogP contribution in [0.4, 0.5) is 4.79 Å². The Morgan fingerprint density at radius 2 is 1.96 bits per heavy atom. The number of amides is 2. The third-order valence-corrected chi connectivity index (χ3v) is 4.08. The average Bonchev–Trinajstić information content (AvgIpc) is 2.48. The van der Waals surface area contributed by atoms with Crippen LogP contribution in [0.15, 0.2) is 0 Å². The number of fused-ring (bicyclic) bond motifs is 1. The van der Waals surface area contributed by atoms with Crippen LogP contribution >= 0.6 is 0 Å². The molecule has 0 aromatic rings. The summed E-state index contributed by atoms with van der Waals surface area (Å²) < 4.78 is 15.9. The molecule has 0 unspecified atom stereocenters. The Hall–Kier alpha value is -1.83. The molecular weight excluding hydrogens is 316 g/mol. The number of carbonyl (C=O) groups excluding carboxylic acids is 3. The summed E-state index contributed by atoms with van der Waals surface area (Å²) in [5, 5.41) is 2.56. The predicted octanol–water partition coefficient (Wildman–Crippen LogP) is 1.18. The van der Waals surface area contributed by atoms with Crippen molar-refractivity contribution in [3.05, 3.63) is 0 Å². The number of esters is 1. The molecule has 4 atom stereocenters. The Bertz CT molecular complexity index is 515. The van der Waals surface area contributed by atoms with Crippen molar-refractivity contribution in [2.75, 3.05) is 7.11 Å². The van der Waals surface area contributed by atoms with E-state index in [1.54, 1.807) is 27.7 Å². The van der Waals surface area contributed by atoms with E-state index >= 15 is 0 Å². The van der Waals surface area contributed by atoms with Crippen LogP contribution in [-0.4, -0.2) is 60.0 Å². The molecule has 2 rings (SSSR count). The van der Waals surface area contributed by atoms with Gasteiger partial charge in [-0.05, 0) is 47.0 Å². The van der Waals surface area contributed by atoms with E-state index in [4.69, 9.17) is 14.2 Å². The number of hydrogen-bond donors (Lipinski definition) is 1. The summed E-state index contributed by atoms with van der Waals surface area (Å²) in [4.78, 5) is 38.3. The molecule has 0 aromatic heterocycles. The number of piperidine rings is 1. The van der Waals surface area contributed by atoms with Crippen molar-refractivity contribution in [2.24, 2.45) is 0 Å². The zero-order valence-corrected chi connectivity index (χ0v) is 14.8. The number of methoxy groups -OCH3 is 1. The van der Waals surface area contributed by atoms with E-state index in [0.717, 1.165) is 6.42 Å². The van der Waals surface area contributed by atoms with E-state index in [-0.39, 0.29) is 5.91 Å². The summed E-state index contributed by atoms with van der Waals surface area (Å²) in [6.45, 7) is 6.94. The summed E-state index contributed by atoms with van der Waals surface area (Å²) >= 11 is 0. The summed E-state index contributed by atoms with van der Waals surface area (Å²) in [6, 6.07) is -1.59. The van der Waals surface area contributed by atoms with Crippen LogP contribution in [0.2, 0.25) is 0 Å². The second-order valence-electron chi connectivity index (χ2n) is 7.14. The maximum atomic E-state index is 12.9. The quantitative estimate of drug-likeness (QED) is 0.757. The monoisotopic (exact) mass is 342 g/mol. The van der Waals surface area contributed by atoms with E-state index in [0.29, 0.717) is 12.8 Å². The lowest BCUT2D eigenvalue weighted by Crippen LogP contribution is -2.67. The van der Waals surface area contributed by atoms with Crippen molar-refractivity contribution in [3.63, 3.8) is 0 Å². The Morgan fingerprint density at radius 1 is 1.29 bits per heavy atom. The first-order valence-electron chi connectivity index (χ1n) is 8.19. The van der Waals surface area contributed by atoms with Gasteiger partial charge in [-0.2, -0.15) is 0 Å². The Morgan fingerprint density at radius 3 is 2.54 bits per heavy atom. The van der Waals surface area contributed by atoms with E-state index in [9.17, 15) is 14.4 Å². The predicted molar refractivity (Wildman–Crippen MR) is 84.0 cm³/mol. The molecule has 2 fully saturated rings. The first kappa shape index (κ1) is 18.5.